The van der Waals surface area contributed by atoms with E-state index in [9.17, 15) is 15.3 Å². The molecule has 3 aromatic rings. The summed E-state index contributed by atoms with van der Waals surface area (Å²) in [5, 5.41) is 34.7. The van der Waals surface area contributed by atoms with Crippen molar-refractivity contribution in [2.45, 2.75) is 195 Å². The lowest BCUT2D eigenvalue weighted by molar-refractivity contribution is 0.357. The Morgan fingerprint density at radius 1 is 0.368 bits per heavy atom. The molecule has 0 saturated heterocycles. The molecule has 57 heavy (non-hydrogen) atoms. The minimum atomic E-state index is -0.246. The van der Waals surface area contributed by atoms with Crippen LogP contribution in [0.15, 0.2) is 51.4 Å². The molecule has 0 unspecified atom stereocenters. The van der Waals surface area contributed by atoms with Crippen LogP contribution in [0.3, 0.4) is 0 Å². The molecule has 1 saturated carbocycles. The van der Waals surface area contributed by atoms with Crippen LogP contribution in [0.25, 0.3) is 0 Å². The number of benzene rings is 3. The van der Waals surface area contributed by atoms with Gasteiger partial charge in [0.15, 0.2) is 0 Å². The molecule has 1 fully saturated rings. The van der Waals surface area contributed by atoms with Crippen LogP contribution in [0.1, 0.15) is 194 Å². The third kappa shape index (κ3) is 11.4. The minimum Gasteiger partial charge on any atom is -0.507 e. The van der Waals surface area contributed by atoms with Crippen molar-refractivity contribution in [2.75, 3.05) is 0 Å². The number of phenols is 3. The van der Waals surface area contributed by atoms with Crippen molar-refractivity contribution in [3.63, 3.8) is 0 Å². The lowest BCUT2D eigenvalue weighted by Gasteiger charge is -2.30. The quantitative estimate of drug-likeness (QED) is 0.217. The molecule has 0 heterocycles. The summed E-state index contributed by atoms with van der Waals surface area (Å²) in [5.74, 6) is 0.811. The second kappa shape index (κ2) is 16.0. The van der Waals surface area contributed by atoms with Crippen molar-refractivity contribution in [2.24, 2.45) is 15.0 Å². The molecule has 312 valence electrons. The van der Waals surface area contributed by atoms with Gasteiger partial charge in [0.2, 0.25) is 0 Å². The first-order chi connectivity index (χ1) is 25.8. The second-order valence-electron chi connectivity index (χ2n) is 22.9. The Bertz CT molecular complexity index is 1770. The van der Waals surface area contributed by atoms with E-state index in [-0.39, 0.29) is 67.9 Å². The Labute approximate surface area is 346 Å². The topological polar surface area (TPSA) is 97.8 Å². The van der Waals surface area contributed by atoms with Crippen molar-refractivity contribution < 1.29 is 15.3 Å². The Hall–Kier alpha value is -3.93. The summed E-state index contributed by atoms with van der Waals surface area (Å²) in [6.45, 7) is 38.9. The van der Waals surface area contributed by atoms with Crippen molar-refractivity contribution in [3.05, 3.63) is 86.5 Å². The van der Waals surface area contributed by atoms with E-state index in [0.717, 1.165) is 50.1 Å². The van der Waals surface area contributed by atoms with Crippen LogP contribution in [-0.4, -0.2) is 52.1 Å². The summed E-state index contributed by atoms with van der Waals surface area (Å²) >= 11 is 0. The molecule has 3 N–H and O–H groups in total. The number of hydrogen-bond donors (Lipinski definition) is 3. The molecular weight excluding hydrogens is 703 g/mol. The van der Waals surface area contributed by atoms with E-state index < -0.39 is 0 Å². The van der Waals surface area contributed by atoms with Gasteiger partial charge in [0.25, 0.3) is 0 Å². The van der Waals surface area contributed by atoms with Crippen LogP contribution >= 0.6 is 0 Å². The fraction of sp³-hybridized carbons (Fsp3) is 0.588. The average Bonchev–Trinajstić information content (AvgIpc) is 3.03. The fourth-order valence-electron chi connectivity index (χ4n) is 7.43. The van der Waals surface area contributed by atoms with Gasteiger partial charge < -0.3 is 15.3 Å². The van der Waals surface area contributed by atoms with Gasteiger partial charge >= 0.3 is 0 Å². The number of hydrogen-bond acceptors (Lipinski definition) is 6. The molecule has 0 bridgehead atoms. The van der Waals surface area contributed by atoms with Crippen molar-refractivity contribution in [1.82, 2.24) is 0 Å². The number of phenolic OH excluding ortho intramolecular Hbond substituents is 3. The molecule has 1 aliphatic rings. The molecule has 0 aliphatic heterocycles. The zero-order valence-electron chi connectivity index (χ0n) is 38.7. The van der Waals surface area contributed by atoms with Gasteiger partial charge in [0, 0.05) is 52.0 Å². The maximum Gasteiger partial charge on any atom is 0.128 e. The van der Waals surface area contributed by atoms with Gasteiger partial charge in [0.1, 0.15) is 17.2 Å². The molecule has 0 atom stereocenters. The summed E-state index contributed by atoms with van der Waals surface area (Å²) < 4.78 is 0. The molecule has 6 heteroatoms. The third-order valence-corrected chi connectivity index (χ3v) is 11.3. The van der Waals surface area contributed by atoms with E-state index >= 15 is 0 Å². The summed E-state index contributed by atoms with van der Waals surface area (Å²) in [7, 11) is 0. The minimum absolute atomic E-state index is 0.105. The van der Waals surface area contributed by atoms with Gasteiger partial charge in [-0.1, -0.05) is 143 Å². The number of aliphatic imine (C=N–C) groups is 3. The molecule has 1 aliphatic carbocycles. The normalized spacial score (nSPS) is 19.4. The molecule has 3 aromatic carbocycles. The first kappa shape index (κ1) is 45.8. The summed E-state index contributed by atoms with van der Waals surface area (Å²) in [6.07, 6.45) is 7.65. The van der Waals surface area contributed by atoms with E-state index in [2.05, 4.69) is 161 Å². The zero-order chi connectivity index (χ0) is 43.3. The number of rotatable bonds is 6. The van der Waals surface area contributed by atoms with Crippen molar-refractivity contribution >= 4 is 18.6 Å². The van der Waals surface area contributed by atoms with Crippen LogP contribution < -0.4 is 0 Å². The monoisotopic (exact) mass is 778 g/mol. The van der Waals surface area contributed by atoms with Crippen LogP contribution in [-0.2, 0) is 32.5 Å². The maximum absolute atomic E-state index is 11.6. The Kier molecular flexibility index (Phi) is 12.9. The summed E-state index contributed by atoms with van der Waals surface area (Å²) in [4.78, 5) is 15.5. The Balaban J connectivity index is 1.82. The van der Waals surface area contributed by atoms with Crippen LogP contribution in [0.5, 0.6) is 17.2 Å². The molecule has 6 nitrogen and oxygen atoms in total. The summed E-state index contributed by atoms with van der Waals surface area (Å²) in [6, 6.07) is 12.3. The first-order valence-electron chi connectivity index (χ1n) is 21.0. The smallest absolute Gasteiger partial charge is 0.128 e. The third-order valence-electron chi connectivity index (χ3n) is 11.3. The average molecular weight is 778 g/mol. The lowest BCUT2D eigenvalue weighted by atomic mass is 9.79. The highest BCUT2D eigenvalue weighted by atomic mass is 16.3. The maximum atomic E-state index is 11.6. The van der Waals surface area contributed by atoms with Gasteiger partial charge in [-0.3, -0.25) is 15.0 Å². The second-order valence-corrected chi connectivity index (χ2v) is 22.9. The van der Waals surface area contributed by atoms with E-state index in [1.165, 1.54) is 0 Å². The van der Waals surface area contributed by atoms with E-state index in [4.69, 9.17) is 15.0 Å². The molecule has 4 rings (SSSR count). The van der Waals surface area contributed by atoms with Gasteiger partial charge in [-0.2, -0.15) is 0 Å². The SMILES string of the molecule is CC(C)(C)c1cc(C=NC2CC(N=Cc3cc(C(C)(C)C)cc(C(C)(C)C)c3O)CC(N=Cc3cc(C(C)(C)C)cc(C(C)(C)C)c3O)C2)c(O)c(C(C)(C)C)c1. The zero-order valence-corrected chi connectivity index (χ0v) is 38.7. The van der Waals surface area contributed by atoms with E-state index in [1.54, 1.807) is 0 Å². The van der Waals surface area contributed by atoms with Gasteiger partial charge in [-0.25, -0.2) is 0 Å². The van der Waals surface area contributed by atoms with E-state index in [0.29, 0.717) is 19.3 Å². The molecule has 0 aromatic heterocycles. The van der Waals surface area contributed by atoms with Gasteiger partial charge in [-0.05, 0) is 86.6 Å². The molecular formula is C51H75N3O3. The van der Waals surface area contributed by atoms with Gasteiger partial charge in [0.05, 0.1) is 18.1 Å². The van der Waals surface area contributed by atoms with Crippen molar-refractivity contribution in [3.8, 4) is 17.2 Å². The lowest BCUT2D eigenvalue weighted by Crippen LogP contribution is -2.30. The predicted octanol–water partition coefficient (Wildman–Crippen LogP) is 12.5. The van der Waals surface area contributed by atoms with Crippen LogP contribution in [0.2, 0.25) is 0 Å². The summed E-state index contributed by atoms with van der Waals surface area (Å²) in [5.41, 5.74) is 7.27. The highest BCUT2D eigenvalue weighted by Crippen LogP contribution is 2.40. The largest absolute Gasteiger partial charge is 0.507 e. The Morgan fingerprint density at radius 2 is 0.579 bits per heavy atom. The molecule has 0 spiro atoms. The highest BCUT2D eigenvalue weighted by molar-refractivity contribution is 5.87. The molecule has 0 amide bonds. The van der Waals surface area contributed by atoms with Crippen LogP contribution in [0, 0.1) is 0 Å². The van der Waals surface area contributed by atoms with E-state index in [1.807, 2.05) is 18.6 Å². The first-order valence-corrected chi connectivity index (χ1v) is 21.0. The highest BCUT2D eigenvalue weighted by Gasteiger charge is 2.31. The number of aromatic hydroxyl groups is 3. The van der Waals surface area contributed by atoms with Gasteiger partial charge in [-0.15, -0.1) is 0 Å². The standard InChI is InChI=1S/C51H75N3O3/c1-46(2,3)34-19-31(43(55)40(22-34)49(10,11)12)28-52-37-25-38(53-29-32-20-35(47(4,5)6)23-41(44(32)56)50(13,14)15)27-39(26-37)54-30-33-21-36(48(7,8)9)24-42(45(33)57)51(16,17)18/h19-24,28-30,37-39,55-57H,25-27H2,1-18H3. The number of nitrogens with zero attached hydrogens (tertiary/aromatic N) is 3. The van der Waals surface area contributed by atoms with Crippen molar-refractivity contribution in [1.29, 1.82) is 0 Å². The molecule has 0 radical (unpaired) electrons. The predicted molar refractivity (Wildman–Crippen MR) is 245 cm³/mol. The Morgan fingerprint density at radius 3 is 0.754 bits per heavy atom. The fourth-order valence-corrected chi connectivity index (χ4v) is 7.43. The van der Waals surface area contributed by atoms with Crippen LogP contribution in [0.4, 0.5) is 0 Å².